The van der Waals surface area contributed by atoms with Gasteiger partial charge >= 0.3 is 5.97 Å². The van der Waals surface area contributed by atoms with E-state index in [1.807, 2.05) is 0 Å². The van der Waals surface area contributed by atoms with Crippen LogP contribution in [-0.4, -0.2) is 44.9 Å². The number of aliphatic hydroxyl groups is 1. The van der Waals surface area contributed by atoms with Crippen LogP contribution in [-0.2, 0) is 6.54 Å². The lowest BCUT2D eigenvalue weighted by Crippen LogP contribution is -2.06. The van der Waals surface area contributed by atoms with Gasteiger partial charge < -0.3 is 14.9 Å². The van der Waals surface area contributed by atoms with Gasteiger partial charge in [0.05, 0.1) is 7.11 Å². The Kier molecular flexibility index (Phi) is 4.89. The predicted molar refractivity (Wildman–Crippen MR) is 75.3 cm³/mol. The number of aromatic carboxylic acids is 1. The zero-order chi connectivity index (χ0) is 15.2. The van der Waals surface area contributed by atoms with Gasteiger partial charge in [-0.1, -0.05) is 17.3 Å². The minimum Gasteiger partial charge on any atom is -0.497 e. The fourth-order valence-electron chi connectivity index (χ4n) is 2.04. The third kappa shape index (κ3) is 3.38. The maximum absolute atomic E-state index is 11.3. The van der Waals surface area contributed by atoms with Crippen molar-refractivity contribution in [2.24, 2.45) is 0 Å². The highest BCUT2D eigenvalue weighted by Crippen LogP contribution is 2.26. The zero-order valence-corrected chi connectivity index (χ0v) is 11.7. The summed E-state index contributed by atoms with van der Waals surface area (Å²) >= 11 is 0. The molecule has 0 amide bonds. The third-order valence-corrected chi connectivity index (χ3v) is 3.06. The first-order chi connectivity index (χ1) is 10.2. The van der Waals surface area contributed by atoms with E-state index in [0.29, 0.717) is 36.4 Å². The number of hydrogen-bond acceptors (Lipinski definition) is 5. The SMILES string of the molecule is COc1cccc(-c2c(C(=O)O)nnn2CCCCO)c1. The lowest BCUT2D eigenvalue weighted by molar-refractivity contribution is 0.0691. The Morgan fingerprint density at radius 2 is 2.19 bits per heavy atom. The minimum atomic E-state index is -1.12. The minimum absolute atomic E-state index is 0.0905. The molecule has 2 aromatic rings. The van der Waals surface area contributed by atoms with Crippen molar-refractivity contribution in [2.45, 2.75) is 19.4 Å². The molecule has 0 unspecified atom stereocenters. The quantitative estimate of drug-likeness (QED) is 0.749. The molecule has 0 saturated heterocycles. The standard InChI is InChI=1S/C14H17N3O4/c1-21-11-6-4-5-10(9-11)13-12(14(19)20)15-16-17(13)7-2-3-8-18/h4-6,9,18H,2-3,7-8H2,1H3,(H,19,20). The van der Waals surface area contributed by atoms with E-state index >= 15 is 0 Å². The summed E-state index contributed by atoms with van der Waals surface area (Å²) in [6.45, 7) is 0.586. The number of nitrogens with zero attached hydrogens (tertiary/aromatic N) is 3. The summed E-state index contributed by atoms with van der Waals surface area (Å²) in [5.74, 6) is -0.492. The topological polar surface area (TPSA) is 97.5 Å². The number of ether oxygens (including phenoxy) is 1. The summed E-state index contributed by atoms with van der Waals surface area (Å²) in [6.07, 6.45) is 1.32. The molecule has 0 aliphatic carbocycles. The Morgan fingerprint density at radius 3 is 2.86 bits per heavy atom. The van der Waals surface area contributed by atoms with Crippen molar-refractivity contribution >= 4 is 5.97 Å². The molecule has 7 heteroatoms. The van der Waals surface area contributed by atoms with E-state index in [-0.39, 0.29) is 12.3 Å². The van der Waals surface area contributed by atoms with E-state index in [4.69, 9.17) is 9.84 Å². The maximum atomic E-state index is 11.3. The van der Waals surface area contributed by atoms with E-state index in [0.717, 1.165) is 0 Å². The number of aliphatic hydroxyl groups excluding tert-OH is 1. The second-order valence-corrected chi connectivity index (χ2v) is 4.48. The van der Waals surface area contributed by atoms with Gasteiger partial charge in [-0.25, -0.2) is 9.48 Å². The number of aromatic nitrogens is 3. The summed E-state index contributed by atoms with van der Waals surface area (Å²) in [4.78, 5) is 11.3. The molecule has 0 radical (unpaired) electrons. The molecule has 0 bridgehead atoms. The molecule has 2 rings (SSSR count). The van der Waals surface area contributed by atoms with Gasteiger partial charge in [0.25, 0.3) is 0 Å². The second-order valence-electron chi connectivity index (χ2n) is 4.48. The van der Waals surface area contributed by atoms with Crippen molar-refractivity contribution in [1.82, 2.24) is 15.0 Å². The number of methoxy groups -OCH3 is 1. The number of unbranched alkanes of at least 4 members (excludes halogenated alkanes) is 1. The molecule has 1 aromatic heterocycles. The van der Waals surface area contributed by atoms with Gasteiger partial charge in [-0.2, -0.15) is 0 Å². The van der Waals surface area contributed by atoms with Gasteiger partial charge in [0.1, 0.15) is 11.4 Å². The van der Waals surface area contributed by atoms with Crippen molar-refractivity contribution < 1.29 is 19.7 Å². The molecule has 0 fully saturated rings. The van der Waals surface area contributed by atoms with E-state index in [2.05, 4.69) is 10.3 Å². The van der Waals surface area contributed by atoms with Crippen molar-refractivity contribution in [2.75, 3.05) is 13.7 Å². The number of rotatable bonds is 7. The number of carbonyl (C=O) groups is 1. The van der Waals surface area contributed by atoms with Gasteiger partial charge in [0.15, 0.2) is 5.69 Å². The lowest BCUT2D eigenvalue weighted by atomic mass is 10.1. The highest BCUT2D eigenvalue weighted by atomic mass is 16.5. The maximum Gasteiger partial charge on any atom is 0.358 e. The molecule has 2 N–H and O–H groups in total. The van der Waals surface area contributed by atoms with Crippen LogP contribution in [0.25, 0.3) is 11.3 Å². The van der Waals surface area contributed by atoms with E-state index in [1.54, 1.807) is 36.1 Å². The molecular weight excluding hydrogens is 274 g/mol. The molecule has 0 saturated carbocycles. The summed E-state index contributed by atoms with van der Waals surface area (Å²) in [5.41, 5.74) is 1.03. The first kappa shape index (κ1) is 15.0. The van der Waals surface area contributed by atoms with Crippen LogP contribution in [0.4, 0.5) is 0 Å². The number of aryl methyl sites for hydroxylation is 1. The lowest BCUT2D eigenvalue weighted by Gasteiger charge is -2.08. The smallest absolute Gasteiger partial charge is 0.358 e. The first-order valence-corrected chi connectivity index (χ1v) is 6.59. The average Bonchev–Trinajstić information content (AvgIpc) is 2.92. The van der Waals surface area contributed by atoms with Crippen LogP contribution in [0.5, 0.6) is 5.75 Å². The van der Waals surface area contributed by atoms with Gasteiger partial charge in [-0.05, 0) is 25.0 Å². The Balaban J connectivity index is 2.42. The van der Waals surface area contributed by atoms with Crippen LogP contribution in [0, 0.1) is 0 Å². The Hall–Kier alpha value is -2.41. The fraction of sp³-hybridized carbons (Fsp3) is 0.357. The molecule has 0 atom stereocenters. The monoisotopic (exact) mass is 291 g/mol. The highest BCUT2D eigenvalue weighted by molar-refractivity contribution is 5.92. The van der Waals surface area contributed by atoms with Crippen LogP contribution in [0.1, 0.15) is 23.3 Å². The number of carboxylic acid groups (broad SMARTS) is 1. The Bertz CT molecular complexity index is 624. The normalized spacial score (nSPS) is 10.6. The van der Waals surface area contributed by atoms with Crippen LogP contribution >= 0.6 is 0 Å². The predicted octanol–water partition coefficient (Wildman–Crippen LogP) is 1.42. The van der Waals surface area contributed by atoms with Crippen molar-refractivity contribution in [1.29, 1.82) is 0 Å². The summed E-state index contributed by atoms with van der Waals surface area (Å²) in [7, 11) is 1.55. The molecule has 1 heterocycles. The van der Waals surface area contributed by atoms with E-state index < -0.39 is 5.97 Å². The highest BCUT2D eigenvalue weighted by Gasteiger charge is 2.20. The summed E-state index contributed by atoms with van der Waals surface area (Å²) in [5, 5.41) is 25.7. The largest absolute Gasteiger partial charge is 0.497 e. The molecule has 0 aliphatic rings. The molecule has 0 spiro atoms. The zero-order valence-electron chi connectivity index (χ0n) is 11.7. The van der Waals surface area contributed by atoms with E-state index in [1.165, 1.54) is 0 Å². The van der Waals surface area contributed by atoms with Crippen LogP contribution < -0.4 is 4.74 Å². The number of carboxylic acids is 1. The summed E-state index contributed by atoms with van der Waals surface area (Å²) in [6, 6.07) is 7.10. The first-order valence-electron chi connectivity index (χ1n) is 6.59. The summed E-state index contributed by atoms with van der Waals surface area (Å²) < 4.78 is 6.71. The van der Waals surface area contributed by atoms with Crippen LogP contribution in [0.3, 0.4) is 0 Å². The Morgan fingerprint density at radius 1 is 1.38 bits per heavy atom. The van der Waals surface area contributed by atoms with Crippen molar-refractivity contribution in [3.63, 3.8) is 0 Å². The van der Waals surface area contributed by atoms with Crippen LogP contribution in [0.2, 0.25) is 0 Å². The Labute approximate surface area is 121 Å². The molecule has 112 valence electrons. The van der Waals surface area contributed by atoms with Crippen molar-refractivity contribution in [3.8, 4) is 17.0 Å². The van der Waals surface area contributed by atoms with Gasteiger partial charge in [0, 0.05) is 18.7 Å². The van der Waals surface area contributed by atoms with Gasteiger partial charge in [0.2, 0.25) is 0 Å². The molecule has 21 heavy (non-hydrogen) atoms. The molecule has 1 aromatic carbocycles. The average molecular weight is 291 g/mol. The van der Waals surface area contributed by atoms with Gasteiger partial charge in [-0.15, -0.1) is 5.10 Å². The van der Waals surface area contributed by atoms with Crippen LogP contribution in [0.15, 0.2) is 24.3 Å². The molecule has 7 nitrogen and oxygen atoms in total. The molecular formula is C14H17N3O4. The number of hydrogen-bond donors (Lipinski definition) is 2. The fourth-order valence-corrected chi connectivity index (χ4v) is 2.04. The van der Waals surface area contributed by atoms with Crippen molar-refractivity contribution in [3.05, 3.63) is 30.0 Å². The van der Waals surface area contributed by atoms with E-state index in [9.17, 15) is 9.90 Å². The third-order valence-electron chi connectivity index (χ3n) is 3.06. The second kappa shape index (κ2) is 6.85. The molecule has 0 aliphatic heterocycles. The van der Waals surface area contributed by atoms with Gasteiger partial charge in [-0.3, -0.25) is 0 Å². The number of benzene rings is 1.